The van der Waals surface area contributed by atoms with Crippen LogP contribution in [0.15, 0.2) is 36.0 Å². The first-order valence-corrected chi connectivity index (χ1v) is 11.8. The number of amides is 1. The molecule has 0 bridgehead atoms. The number of carbonyl (C=O) groups excluding carboxylic acids is 1. The van der Waals surface area contributed by atoms with Gasteiger partial charge in [0.25, 0.3) is 0 Å². The van der Waals surface area contributed by atoms with E-state index in [1.165, 1.54) is 0 Å². The van der Waals surface area contributed by atoms with Gasteiger partial charge in [-0.1, -0.05) is 18.7 Å². The largest absolute Gasteiger partial charge is 0.443 e. The highest BCUT2D eigenvalue weighted by molar-refractivity contribution is 5.87. The predicted octanol–water partition coefficient (Wildman–Crippen LogP) is 4.41. The molecule has 2 aliphatic heterocycles. The molecule has 2 aromatic rings. The van der Waals surface area contributed by atoms with Gasteiger partial charge in [0, 0.05) is 43.6 Å². The number of rotatable bonds is 5. The van der Waals surface area contributed by atoms with Crippen LogP contribution in [0.25, 0.3) is 16.7 Å². The van der Waals surface area contributed by atoms with Crippen molar-refractivity contribution in [2.75, 3.05) is 33.4 Å². The van der Waals surface area contributed by atoms with E-state index in [4.69, 9.17) is 14.2 Å². The third kappa shape index (κ3) is 4.62. The van der Waals surface area contributed by atoms with Crippen molar-refractivity contribution in [3.05, 3.63) is 36.5 Å². The Kier molecular flexibility index (Phi) is 5.86. The molecule has 3 aliphatic rings. The lowest BCUT2D eigenvalue weighted by Gasteiger charge is -2.32. The minimum absolute atomic E-state index is 0.150. The van der Waals surface area contributed by atoms with Gasteiger partial charge in [0.1, 0.15) is 11.4 Å². The van der Waals surface area contributed by atoms with Gasteiger partial charge in [0.15, 0.2) is 5.90 Å². The molecule has 33 heavy (non-hydrogen) atoms. The number of aromatic nitrogens is 2. The average molecular weight is 453 g/mol. The number of nitrogens with zero attached hydrogens (tertiary/aromatic N) is 4. The Morgan fingerprint density at radius 3 is 2.73 bits per heavy atom. The van der Waals surface area contributed by atoms with E-state index in [0.717, 1.165) is 55.2 Å². The first kappa shape index (κ1) is 21.9. The highest BCUT2D eigenvalue weighted by Crippen LogP contribution is 2.39. The van der Waals surface area contributed by atoms with E-state index >= 15 is 0 Å². The van der Waals surface area contributed by atoms with E-state index < -0.39 is 0 Å². The summed E-state index contributed by atoms with van der Waals surface area (Å²) in [5.41, 5.74) is 1.72. The Hall–Kier alpha value is -2.87. The first-order chi connectivity index (χ1) is 16.0. The number of carbonyl (C=O) groups is 1. The summed E-state index contributed by atoms with van der Waals surface area (Å²) >= 11 is 0. The monoisotopic (exact) mass is 452 g/mol. The topological polar surface area (TPSA) is 78.2 Å². The molecule has 1 amide bonds. The molecule has 1 unspecified atom stereocenters. The van der Waals surface area contributed by atoms with Crippen LogP contribution >= 0.6 is 0 Å². The summed E-state index contributed by atoms with van der Waals surface area (Å²) in [5, 5.41) is 5.66. The van der Waals surface area contributed by atoms with Gasteiger partial charge in [-0.2, -0.15) is 5.10 Å². The molecule has 1 saturated carbocycles. The van der Waals surface area contributed by atoms with Crippen LogP contribution in [0, 0.1) is 5.92 Å². The lowest BCUT2D eigenvalue weighted by atomic mass is 9.96. The fraction of sp³-hybridized carbons (Fsp3) is 0.560. The third-order valence-electron chi connectivity index (χ3n) is 7.01. The van der Waals surface area contributed by atoms with Crippen molar-refractivity contribution in [1.29, 1.82) is 0 Å². The fourth-order valence-electron chi connectivity index (χ4n) is 4.58. The number of hydrogen-bond donors (Lipinski definition) is 0. The van der Waals surface area contributed by atoms with Crippen LogP contribution in [-0.2, 0) is 14.2 Å². The smallest absolute Gasteiger partial charge is 0.410 e. The van der Waals surface area contributed by atoms with E-state index in [1.807, 2.05) is 29.9 Å². The van der Waals surface area contributed by atoms with Crippen LogP contribution in [0.1, 0.15) is 50.6 Å². The summed E-state index contributed by atoms with van der Waals surface area (Å²) in [7, 11) is 1.75. The Morgan fingerprint density at radius 2 is 2.06 bits per heavy atom. The maximum absolute atomic E-state index is 12.4. The van der Waals surface area contributed by atoms with E-state index in [0.29, 0.717) is 31.4 Å². The Morgan fingerprint density at radius 1 is 1.27 bits per heavy atom. The SMILES string of the molecule is C=C(O/C(=N\C)C1CCN(C(=O)OC2(C)CC2)CC1)c1ccc2cnn(C3CCOC3)c2c1. The molecule has 8 nitrogen and oxygen atoms in total. The van der Waals surface area contributed by atoms with Gasteiger partial charge in [0.05, 0.1) is 24.4 Å². The maximum Gasteiger partial charge on any atom is 0.410 e. The molecule has 1 atom stereocenters. The fourth-order valence-corrected chi connectivity index (χ4v) is 4.58. The molecule has 3 fully saturated rings. The zero-order valence-corrected chi connectivity index (χ0v) is 19.5. The number of ether oxygens (including phenoxy) is 3. The van der Waals surface area contributed by atoms with Gasteiger partial charge in [-0.05, 0) is 45.1 Å². The van der Waals surface area contributed by atoms with Crippen LogP contribution in [0.4, 0.5) is 4.79 Å². The van der Waals surface area contributed by atoms with Crippen molar-refractivity contribution >= 4 is 28.7 Å². The second-order valence-corrected chi connectivity index (χ2v) is 9.55. The van der Waals surface area contributed by atoms with E-state index in [9.17, 15) is 4.79 Å². The third-order valence-corrected chi connectivity index (χ3v) is 7.01. The minimum Gasteiger partial charge on any atom is -0.443 e. The molecule has 1 aromatic heterocycles. The molecule has 3 heterocycles. The Labute approximate surface area is 194 Å². The van der Waals surface area contributed by atoms with Gasteiger partial charge in [-0.15, -0.1) is 0 Å². The number of piperidine rings is 1. The van der Waals surface area contributed by atoms with Crippen molar-refractivity contribution in [1.82, 2.24) is 14.7 Å². The molecular weight excluding hydrogens is 420 g/mol. The molecule has 0 radical (unpaired) electrons. The van der Waals surface area contributed by atoms with Crippen LogP contribution in [0.3, 0.4) is 0 Å². The zero-order chi connectivity index (χ0) is 23.0. The summed E-state index contributed by atoms with van der Waals surface area (Å²) < 4.78 is 19.4. The predicted molar refractivity (Wildman–Crippen MR) is 126 cm³/mol. The van der Waals surface area contributed by atoms with Crippen molar-refractivity contribution in [3.8, 4) is 0 Å². The quantitative estimate of drug-likeness (QED) is 0.381. The van der Waals surface area contributed by atoms with Gasteiger partial charge < -0.3 is 19.1 Å². The molecule has 2 saturated heterocycles. The van der Waals surface area contributed by atoms with Crippen molar-refractivity contribution < 1.29 is 19.0 Å². The number of aliphatic imine (C=N–C) groups is 1. The summed E-state index contributed by atoms with van der Waals surface area (Å²) in [6.07, 6.45) is 6.15. The number of benzene rings is 1. The van der Waals surface area contributed by atoms with Crippen LogP contribution in [-0.4, -0.2) is 65.6 Å². The van der Waals surface area contributed by atoms with Crippen molar-refractivity contribution in [3.63, 3.8) is 0 Å². The maximum atomic E-state index is 12.4. The molecule has 176 valence electrons. The van der Waals surface area contributed by atoms with Gasteiger partial charge in [-0.3, -0.25) is 9.67 Å². The zero-order valence-electron chi connectivity index (χ0n) is 19.5. The van der Waals surface area contributed by atoms with Crippen LogP contribution < -0.4 is 0 Å². The molecule has 0 N–H and O–H groups in total. The highest BCUT2D eigenvalue weighted by Gasteiger charge is 2.43. The number of fused-ring (bicyclic) bond motifs is 1. The Balaban J connectivity index is 1.22. The molecule has 8 heteroatoms. The van der Waals surface area contributed by atoms with Crippen LogP contribution in [0.5, 0.6) is 0 Å². The van der Waals surface area contributed by atoms with Gasteiger partial charge in [-0.25, -0.2) is 4.79 Å². The standard InChI is InChI=1S/C25H32N4O4/c1-17(19-4-5-20-15-27-29(22(20)14-19)21-8-13-31-16-21)32-23(26-3)18-6-11-28(12-7-18)24(30)33-25(2)9-10-25/h4-5,14-15,18,21H,1,6-13,16H2,2-3H3/b26-23-. The molecule has 1 aliphatic carbocycles. The van der Waals surface area contributed by atoms with Gasteiger partial charge >= 0.3 is 6.09 Å². The van der Waals surface area contributed by atoms with Crippen molar-refractivity contribution in [2.24, 2.45) is 10.9 Å². The second-order valence-electron chi connectivity index (χ2n) is 9.55. The lowest BCUT2D eigenvalue weighted by molar-refractivity contribution is 0.0510. The van der Waals surface area contributed by atoms with Crippen molar-refractivity contribution in [2.45, 2.75) is 50.7 Å². The number of hydrogen-bond acceptors (Lipinski definition) is 6. The molecule has 5 rings (SSSR count). The summed E-state index contributed by atoms with van der Waals surface area (Å²) in [6, 6.07) is 6.39. The summed E-state index contributed by atoms with van der Waals surface area (Å²) in [6.45, 7) is 8.91. The normalized spacial score (nSPS) is 23.0. The average Bonchev–Trinajstić information content (AvgIpc) is 3.22. The lowest BCUT2D eigenvalue weighted by Crippen LogP contribution is -2.42. The van der Waals surface area contributed by atoms with E-state index in [-0.39, 0.29) is 23.7 Å². The van der Waals surface area contributed by atoms with E-state index in [2.05, 4.69) is 22.7 Å². The minimum atomic E-state index is -0.244. The summed E-state index contributed by atoms with van der Waals surface area (Å²) in [5.74, 6) is 1.38. The second kappa shape index (κ2) is 8.82. The summed E-state index contributed by atoms with van der Waals surface area (Å²) in [4.78, 5) is 18.6. The molecule has 0 spiro atoms. The number of likely N-dealkylation sites (tertiary alicyclic amines) is 1. The van der Waals surface area contributed by atoms with Crippen LogP contribution in [0.2, 0.25) is 0 Å². The molecule has 1 aromatic carbocycles. The Bertz CT molecular complexity index is 1070. The highest BCUT2D eigenvalue weighted by atomic mass is 16.6. The van der Waals surface area contributed by atoms with E-state index in [1.54, 1.807) is 11.9 Å². The first-order valence-electron chi connectivity index (χ1n) is 11.8. The molecular formula is C25H32N4O4. The van der Waals surface area contributed by atoms with Gasteiger partial charge in [0.2, 0.25) is 0 Å².